The summed E-state index contributed by atoms with van der Waals surface area (Å²) in [5.74, 6) is 0. The molecule has 0 amide bonds. The number of rotatable bonds is 3. The lowest BCUT2D eigenvalue weighted by molar-refractivity contribution is 0.463. The Labute approximate surface area is 129 Å². The second kappa shape index (κ2) is 5.55. The molecule has 1 aliphatic rings. The Morgan fingerprint density at radius 2 is 1.73 bits per heavy atom. The first kappa shape index (κ1) is 14.7. The predicted molar refractivity (Wildman–Crippen MR) is 83.9 cm³/mol. The molecule has 1 atom stereocenters. The van der Waals surface area contributed by atoms with Gasteiger partial charge in [-0.3, -0.25) is 5.01 Å². The van der Waals surface area contributed by atoms with E-state index in [4.69, 9.17) is 0 Å². The van der Waals surface area contributed by atoms with Crippen LogP contribution >= 0.6 is 0 Å². The Balaban J connectivity index is 1.90. The highest BCUT2D eigenvalue weighted by Crippen LogP contribution is 2.27. The van der Waals surface area contributed by atoms with E-state index in [1.165, 1.54) is 12.1 Å². The summed E-state index contributed by atoms with van der Waals surface area (Å²) in [6.07, 6.45) is 0.811. The first-order chi connectivity index (χ1) is 10.4. The fourth-order valence-electron chi connectivity index (χ4n) is 2.52. The van der Waals surface area contributed by atoms with Crippen LogP contribution in [0.2, 0.25) is 0 Å². The standard InChI is InChI=1S/C16H16N2O3S/c1-12-11-16(13-5-3-2-4-6-13)17-18(12)14-7-9-15(10-8-14)22(19,20)21/h2-10,12H,11H2,1H3,(H,19,20,21)/p-1/t12-/m0/s1. The van der Waals surface area contributed by atoms with Crippen molar-refractivity contribution < 1.29 is 13.0 Å². The first-order valence-corrected chi connectivity index (χ1v) is 8.34. The van der Waals surface area contributed by atoms with Crippen molar-refractivity contribution in [2.75, 3.05) is 5.01 Å². The highest BCUT2D eigenvalue weighted by Gasteiger charge is 2.24. The summed E-state index contributed by atoms with van der Waals surface area (Å²) in [5.41, 5.74) is 2.84. The molecule has 1 aliphatic heterocycles. The van der Waals surface area contributed by atoms with Gasteiger partial charge < -0.3 is 4.55 Å². The van der Waals surface area contributed by atoms with Gasteiger partial charge >= 0.3 is 0 Å². The van der Waals surface area contributed by atoms with Crippen LogP contribution in [0.4, 0.5) is 5.69 Å². The van der Waals surface area contributed by atoms with Gasteiger partial charge in [0.15, 0.2) is 0 Å². The minimum absolute atomic E-state index is 0.171. The molecule has 2 aromatic carbocycles. The fourth-order valence-corrected chi connectivity index (χ4v) is 2.99. The van der Waals surface area contributed by atoms with Crippen LogP contribution in [0.1, 0.15) is 18.9 Å². The molecule has 1 heterocycles. The smallest absolute Gasteiger partial charge is 0.124 e. The van der Waals surface area contributed by atoms with Gasteiger partial charge in [-0.25, -0.2) is 8.42 Å². The van der Waals surface area contributed by atoms with E-state index in [1.807, 2.05) is 35.3 Å². The molecular weight excluding hydrogens is 300 g/mol. The zero-order valence-corrected chi connectivity index (χ0v) is 12.8. The van der Waals surface area contributed by atoms with Crippen LogP contribution in [-0.2, 0) is 10.1 Å². The molecule has 0 saturated heterocycles. The van der Waals surface area contributed by atoms with E-state index in [1.54, 1.807) is 12.1 Å². The third kappa shape index (κ3) is 2.88. The summed E-state index contributed by atoms with van der Waals surface area (Å²) in [4.78, 5) is -0.227. The van der Waals surface area contributed by atoms with Gasteiger partial charge in [-0.2, -0.15) is 5.10 Å². The Kier molecular flexibility index (Phi) is 3.72. The number of anilines is 1. The fraction of sp³-hybridized carbons (Fsp3) is 0.188. The molecule has 2 aromatic rings. The van der Waals surface area contributed by atoms with E-state index in [0.717, 1.165) is 23.4 Å². The molecule has 22 heavy (non-hydrogen) atoms. The van der Waals surface area contributed by atoms with Crippen molar-refractivity contribution in [2.45, 2.75) is 24.3 Å². The van der Waals surface area contributed by atoms with E-state index in [0.29, 0.717) is 0 Å². The highest BCUT2D eigenvalue weighted by molar-refractivity contribution is 7.85. The van der Waals surface area contributed by atoms with E-state index in [2.05, 4.69) is 12.0 Å². The molecule has 0 unspecified atom stereocenters. The number of benzene rings is 2. The largest absolute Gasteiger partial charge is 0.744 e. The van der Waals surface area contributed by atoms with Gasteiger partial charge in [0.2, 0.25) is 0 Å². The van der Waals surface area contributed by atoms with Crippen molar-refractivity contribution in [3.05, 3.63) is 60.2 Å². The molecule has 0 N–H and O–H groups in total. The van der Waals surface area contributed by atoms with Gasteiger partial charge in [-0.1, -0.05) is 30.3 Å². The zero-order chi connectivity index (χ0) is 15.7. The molecule has 114 valence electrons. The van der Waals surface area contributed by atoms with Crippen molar-refractivity contribution in [2.24, 2.45) is 5.10 Å². The lowest BCUT2D eigenvalue weighted by Gasteiger charge is -2.20. The summed E-state index contributed by atoms with van der Waals surface area (Å²) >= 11 is 0. The predicted octanol–water partition coefficient (Wildman–Crippen LogP) is 2.59. The maximum atomic E-state index is 11.0. The lowest BCUT2D eigenvalue weighted by Crippen LogP contribution is -2.22. The summed E-state index contributed by atoms with van der Waals surface area (Å²) in [6.45, 7) is 2.05. The van der Waals surface area contributed by atoms with E-state index in [-0.39, 0.29) is 10.9 Å². The van der Waals surface area contributed by atoms with Crippen LogP contribution in [-0.4, -0.2) is 24.7 Å². The normalized spacial score (nSPS) is 18.4. The van der Waals surface area contributed by atoms with Gasteiger partial charge in [0.05, 0.1) is 22.3 Å². The van der Waals surface area contributed by atoms with Crippen molar-refractivity contribution in [3.8, 4) is 0 Å². The lowest BCUT2D eigenvalue weighted by atomic mass is 10.1. The Bertz CT molecular complexity index is 799. The maximum absolute atomic E-state index is 11.0. The average molecular weight is 315 g/mol. The number of hydrogen-bond acceptors (Lipinski definition) is 5. The number of hydrazone groups is 1. The molecular formula is C16H15N2O3S-. The number of nitrogens with zero attached hydrogens (tertiary/aromatic N) is 2. The zero-order valence-electron chi connectivity index (χ0n) is 12.0. The van der Waals surface area contributed by atoms with Crippen LogP contribution < -0.4 is 5.01 Å². The monoisotopic (exact) mass is 315 g/mol. The molecule has 0 saturated carbocycles. The quantitative estimate of drug-likeness (QED) is 0.816. The SMILES string of the molecule is C[C@H]1CC(c2ccccc2)=NN1c1ccc(S(=O)(=O)[O-])cc1. The molecule has 0 bridgehead atoms. The van der Waals surface area contributed by atoms with E-state index < -0.39 is 10.1 Å². The van der Waals surface area contributed by atoms with E-state index in [9.17, 15) is 13.0 Å². The Morgan fingerprint density at radius 1 is 1.09 bits per heavy atom. The van der Waals surface area contributed by atoms with Gasteiger partial charge in [0.25, 0.3) is 0 Å². The molecule has 5 nitrogen and oxygen atoms in total. The molecule has 3 rings (SSSR count). The van der Waals surface area contributed by atoms with Gasteiger partial charge in [0, 0.05) is 6.42 Å². The van der Waals surface area contributed by atoms with Gasteiger partial charge in [-0.15, -0.1) is 0 Å². The van der Waals surface area contributed by atoms with E-state index >= 15 is 0 Å². The Hall–Kier alpha value is -2.18. The third-order valence-corrected chi connectivity index (χ3v) is 4.48. The van der Waals surface area contributed by atoms with Crippen LogP contribution in [0, 0.1) is 0 Å². The van der Waals surface area contributed by atoms with Crippen molar-refractivity contribution in [3.63, 3.8) is 0 Å². The Morgan fingerprint density at radius 3 is 2.32 bits per heavy atom. The average Bonchev–Trinajstić information content (AvgIpc) is 2.89. The van der Waals surface area contributed by atoms with Crippen molar-refractivity contribution in [1.82, 2.24) is 0 Å². The van der Waals surface area contributed by atoms with Crippen molar-refractivity contribution >= 4 is 21.5 Å². The second-order valence-electron chi connectivity index (χ2n) is 5.26. The minimum atomic E-state index is -4.41. The summed E-state index contributed by atoms with van der Waals surface area (Å²) in [6, 6.07) is 16.0. The van der Waals surface area contributed by atoms with Gasteiger partial charge in [0.1, 0.15) is 10.1 Å². The summed E-state index contributed by atoms with van der Waals surface area (Å²) in [7, 11) is -4.41. The molecule has 0 radical (unpaired) electrons. The molecule has 6 heteroatoms. The molecule has 0 aliphatic carbocycles. The molecule has 0 aromatic heterocycles. The summed E-state index contributed by atoms with van der Waals surface area (Å²) < 4.78 is 32.9. The van der Waals surface area contributed by atoms with Crippen molar-refractivity contribution in [1.29, 1.82) is 0 Å². The van der Waals surface area contributed by atoms with Crippen LogP contribution in [0.3, 0.4) is 0 Å². The van der Waals surface area contributed by atoms with Gasteiger partial charge in [-0.05, 0) is 36.8 Å². The number of hydrogen-bond donors (Lipinski definition) is 0. The maximum Gasteiger partial charge on any atom is 0.124 e. The third-order valence-electron chi connectivity index (χ3n) is 3.63. The summed E-state index contributed by atoms with van der Waals surface area (Å²) in [5, 5.41) is 6.47. The highest BCUT2D eigenvalue weighted by atomic mass is 32.2. The minimum Gasteiger partial charge on any atom is -0.744 e. The second-order valence-corrected chi connectivity index (χ2v) is 6.64. The topological polar surface area (TPSA) is 72.8 Å². The molecule has 0 fully saturated rings. The first-order valence-electron chi connectivity index (χ1n) is 6.93. The van der Waals surface area contributed by atoms with Crippen LogP contribution in [0.5, 0.6) is 0 Å². The van der Waals surface area contributed by atoms with Crippen LogP contribution in [0.25, 0.3) is 0 Å². The molecule has 0 spiro atoms. The van der Waals surface area contributed by atoms with Crippen LogP contribution in [0.15, 0.2) is 64.6 Å².